The van der Waals surface area contributed by atoms with Crippen molar-refractivity contribution < 1.29 is 4.74 Å². The molecule has 0 saturated heterocycles. The first kappa shape index (κ1) is 14.6. The minimum absolute atomic E-state index is 0.483. The highest BCUT2D eigenvalue weighted by Gasteiger charge is 2.51. The van der Waals surface area contributed by atoms with Gasteiger partial charge in [0.1, 0.15) is 11.5 Å². The molecule has 0 unspecified atom stereocenters. The van der Waals surface area contributed by atoms with E-state index in [1.165, 1.54) is 44.1 Å². The lowest BCUT2D eigenvalue weighted by Gasteiger charge is -2.57. The molecule has 0 aliphatic heterocycles. The molecule has 2 aromatic carbocycles. The van der Waals surface area contributed by atoms with E-state index in [1.54, 1.807) is 5.56 Å². The topological polar surface area (TPSA) is 9.23 Å². The van der Waals surface area contributed by atoms with Crippen LogP contribution in [0, 0.1) is 24.7 Å². The summed E-state index contributed by atoms with van der Waals surface area (Å²) in [5, 5.41) is 0. The first-order valence-electron chi connectivity index (χ1n) is 9.54. The van der Waals surface area contributed by atoms with E-state index in [4.69, 9.17) is 4.74 Å². The van der Waals surface area contributed by atoms with Gasteiger partial charge in [-0.05, 0) is 98.4 Å². The van der Waals surface area contributed by atoms with Crippen molar-refractivity contribution in [1.82, 2.24) is 0 Å². The van der Waals surface area contributed by atoms with E-state index in [0.29, 0.717) is 5.41 Å². The van der Waals surface area contributed by atoms with Gasteiger partial charge in [-0.2, -0.15) is 0 Å². The highest BCUT2D eigenvalue weighted by atomic mass is 16.5. The third kappa shape index (κ3) is 2.46. The summed E-state index contributed by atoms with van der Waals surface area (Å²) < 4.78 is 6.01. The van der Waals surface area contributed by atoms with Crippen molar-refractivity contribution in [1.29, 1.82) is 0 Å². The predicted octanol–water partition coefficient (Wildman–Crippen LogP) is 6.26. The maximum absolute atomic E-state index is 6.01. The van der Waals surface area contributed by atoms with Crippen molar-refractivity contribution in [3.63, 3.8) is 0 Å². The number of ether oxygens (including phenoxy) is 1. The fraction of sp³-hybridized carbons (Fsp3) is 0.478. The number of rotatable bonds is 3. The van der Waals surface area contributed by atoms with Crippen LogP contribution < -0.4 is 4.74 Å². The van der Waals surface area contributed by atoms with Crippen molar-refractivity contribution >= 4 is 0 Å². The first-order chi connectivity index (χ1) is 11.7. The van der Waals surface area contributed by atoms with E-state index < -0.39 is 0 Å². The van der Waals surface area contributed by atoms with Crippen LogP contribution in [0.1, 0.15) is 49.7 Å². The SMILES string of the molecule is Cc1ccc(Oc2ccc(C34CC5CC(CC(C5)C3)C4)cc2)cc1. The van der Waals surface area contributed by atoms with Gasteiger partial charge in [0.05, 0.1) is 0 Å². The Bertz CT molecular complexity index is 690. The molecule has 4 bridgehead atoms. The smallest absolute Gasteiger partial charge is 0.127 e. The van der Waals surface area contributed by atoms with Crippen LogP contribution in [0.3, 0.4) is 0 Å². The second kappa shape index (κ2) is 5.37. The molecule has 0 aromatic heterocycles. The molecule has 2 aromatic rings. The Balaban J connectivity index is 1.37. The summed E-state index contributed by atoms with van der Waals surface area (Å²) in [6, 6.07) is 17.3. The summed E-state index contributed by atoms with van der Waals surface area (Å²) in [7, 11) is 0. The molecule has 4 fully saturated rings. The van der Waals surface area contributed by atoms with Gasteiger partial charge in [0.2, 0.25) is 0 Å². The Morgan fingerprint density at radius 2 is 1.17 bits per heavy atom. The molecule has 0 N–H and O–H groups in total. The summed E-state index contributed by atoms with van der Waals surface area (Å²) in [5.41, 5.74) is 3.31. The predicted molar refractivity (Wildman–Crippen MR) is 97.5 cm³/mol. The molecule has 4 aliphatic carbocycles. The third-order valence-electron chi connectivity index (χ3n) is 6.76. The van der Waals surface area contributed by atoms with Crippen LogP contribution in [-0.4, -0.2) is 0 Å². The zero-order chi connectivity index (χ0) is 16.1. The van der Waals surface area contributed by atoms with E-state index in [2.05, 4.69) is 43.3 Å². The largest absolute Gasteiger partial charge is 0.457 e. The standard InChI is InChI=1S/C23H26O/c1-16-2-6-21(7-3-16)24-22-8-4-20(5-9-22)23-13-17-10-18(14-23)12-19(11-17)15-23/h2-9,17-19H,10-15H2,1H3. The molecule has 0 spiro atoms. The maximum Gasteiger partial charge on any atom is 0.127 e. The molecule has 24 heavy (non-hydrogen) atoms. The maximum atomic E-state index is 6.01. The van der Waals surface area contributed by atoms with E-state index in [9.17, 15) is 0 Å². The van der Waals surface area contributed by atoms with E-state index in [1.807, 2.05) is 12.1 Å². The molecule has 4 aliphatic rings. The lowest BCUT2D eigenvalue weighted by atomic mass is 9.48. The molecule has 0 radical (unpaired) electrons. The molecule has 1 nitrogen and oxygen atoms in total. The Morgan fingerprint density at radius 3 is 1.67 bits per heavy atom. The van der Waals surface area contributed by atoms with Crippen LogP contribution in [-0.2, 0) is 5.41 Å². The average Bonchev–Trinajstić information content (AvgIpc) is 2.56. The third-order valence-corrected chi connectivity index (χ3v) is 6.76. The summed E-state index contributed by atoms with van der Waals surface area (Å²) in [6.45, 7) is 2.10. The molecular formula is C23H26O. The normalized spacial score (nSPS) is 33.6. The lowest BCUT2D eigenvalue weighted by molar-refractivity contribution is -0.00519. The molecule has 124 valence electrons. The lowest BCUT2D eigenvalue weighted by Crippen LogP contribution is -2.48. The summed E-state index contributed by atoms with van der Waals surface area (Å²) in [5.74, 6) is 4.87. The van der Waals surface area contributed by atoms with Gasteiger partial charge in [0.15, 0.2) is 0 Å². The average molecular weight is 318 g/mol. The van der Waals surface area contributed by atoms with Gasteiger partial charge in [-0.1, -0.05) is 29.8 Å². The highest BCUT2D eigenvalue weighted by molar-refractivity contribution is 5.37. The Morgan fingerprint density at radius 1 is 0.708 bits per heavy atom. The first-order valence-corrected chi connectivity index (χ1v) is 9.54. The van der Waals surface area contributed by atoms with Gasteiger partial charge < -0.3 is 4.74 Å². The number of hydrogen-bond acceptors (Lipinski definition) is 1. The summed E-state index contributed by atoms with van der Waals surface area (Å²) in [6.07, 6.45) is 8.81. The fourth-order valence-corrected chi connectivity index (χ4v) is 6.08. The Kier molecular flexibility index (Phi) is 3.26. The van der Waals surface area contributed by atoms with Crippen LogP contribution in [0.2, 0.25) is 0 Å². The van der Waals surface area contributed by atoms with Gasteiger partial charge in [-0.25, -0.2) is 0 Å². The molecule has 1 heteroatoms. The van der Waals surface area contributed by atoms with Gasteiger partial charge in [-0.15, -0.1) is 0 Å². The zero-order valence-corrected chi connectivity index (χ0v) is 14.5. The Labute approximate surface area is 145 Å². The monoisotopic (exact) mass is 318 g/mol. The molecule has 6 rings (SSSR count). The second-order valence-corrected chi connectivity index (χ2v) is 8.64. The zero-order valence-electron chi connectivity index (χ0n) is 14.5. The minimum atomic E-state index is 0.483. The van der Waals surface area contributed by atoms with Crippen LogP contribution in [0.4, 0.5) is 0 Å². The van der Waals surface area contributed by atoms with Crippen molar-refractivity contribution in [2.45, 2.75) is 50.9 Å². The quantitative estimate of drug-likeness (QED) is 0.649. The molecular weight excluding hydrogens is 292 g/mol. The van der Waals surface area contributed by atoms with Crippen molar-refractivity contribution in [3.05, 3.63) is 59.7 Å². The fourth-order valence-electron chi connectivity index (χ4n) is 6.08. The second-order valence-electron chi connectivity index (χ2n) is 8.64. The number of hydrogen-bond donors (Lipinski definition) is 0. The molecule has 0 amide bonds. The van der Waals surface area contributed by atoms with Crippen LogP contribution >= 0.6 is 0 Å². The molecule has 4 saturated carbocycles. The van der Waals surface area contributed by atoms with Gasteiger partial charge in [0.25, 0.3) is 0 Å². The van der Waals surface area contributed by atoms with Crippen LogP contribution in [0.25, 0.3) is 0 Å². The van der Waals surface area contributed by atoms with E-state index in [0.717, 1.165) is 29.3 Å². The number of aryl methyl sites for hydroxylation is 1. The van der Waals surface area contributed by atoms with Gasteiger partial charge in [-0.3, -0.25) is 0 Å². The van der Waals surface area contributed by atoms with E-state index in [-0.39, 0.29) is 0 Å². The van der Waals surface area contributed by atoms with Crippen molar-refractivity contribution in [3.8, 4) is 11.5 Å². The van der Waals surface area contributed by atoms with Gasteiger partial charge in [0, 0.05) is 0 Å². The summed E-state index contributed by atoms with van der Waals surface area (Å²) >= 11 is 0. The van der Waals surface area contributed by atoms with Gasteiger partial charge >= 0.3 is 0 Å². The van der Waals surface area contributed by atoms with E-state index >= 15 is 0 Å². The summed E-state index contributed by atoms with van der Waals surface area (Å²) in [4.78, 5) is 0. The van der Waals surface area contributed by atoms with Crippen LogP contribution in [0.15, 0.2) is 48.5 Å². The minimum Gasteiger partial charge on any atom is -0.457 e. The molecule has 0 heterocycles. The Hall–Kier alpha value is -1.76. The number of benzene rings is 2. The van der Waals surface area contributed by atoms with Crippen molar-refractivity contribution in [2.24, 2.45) is 17.8 Å². The highest BCUT2D eigenvalue weighted by Crippen LogP contribution is 2.60. The molecule has 0 atom stereocenters. The van der Waals surface area contributed by atoms with Crippen LogP contribution in [0.5, 0.6) is 11.5 Å². The van der Waals surface area contributed by atoms with Crippen molar-refractivity contribution in [2.75, 3.05) is 0 Å².